The van der Waals surface area contributed by atoms with E-state index < -0.39 is 11.7 Å². The van der Waals surface area contributed by atoms with Crippen LogP contribution in [0.2, 0.25) is 0 Å². The van der Waals surface area contributed by atoms with Crippen molar-refractivity contribution in [1.82, 2.24) is 10.3 Å². The lowest BCUT2D eigenvalue weighted by Crippen LogP contribution is -2.17. The molecule has 1 aliphatic heterocycles. The molecule has 0 bridgehead atoms. The third kappa shape index (κ3) is 4.04. The molecule has 1 fully saturated rings. The lowest BCUT2D eigenvalue weighted by Gasteiger charge is -2.08. The number of furan rings is 1. The Bertz CT molecular complexity index is 1250. The first-order valence-corrected chi connectivity index (χ1v) is 9.34. The topological polar surface area (TPSA) is 55.1 Å². The summed E-state index contributed by atoms with van der Waals surface area (Å²) in [6.45, 7) is 0. The molecule has 29 heavy (non-hydrogen) atoms. The molecule has 4 rings (SSSR count). The zero-order valence-electron chi connectivity index (χ0n) is 14.3. The van der Waals surface area contributed by atoms with Gasteiger partial charge < -0.3 is 9.73 Å². The first-order valence-electron chi connectivity index (χ1n) is 8.12. The van der Waals surface area contributed by atoms with Crippen molar-refractivity contribution in [1.29, 1.82) is 0 Å². The molecule has 0 spiro atoms. The maximum atomic E-state index is 13.1. The van der Waals surface area contributed by atoms with Gasteiger partial charge in [-0.3, -0.25) is 9.78 Å². The molecule has 9 heteroatoms. The molecule has 3 aromatic rings. The molecule has 1 aliphatic rings. The third-order valence-electron chi connectivity index (χ3n) is 3.92. The number of carbonyl (C=O) groups excluding carboxylic acids is 1. The molecule has 2 aromatic heterocycles. The van der Waals surface area contributed by atoms with Crippen LogP contribution >= 0.6 is 24.0 Å². The average molecular weight is 430 g/mol. The van der Waals surface area contributed by atoms with Crippen molar-refractivity contribution in [2.24, 2.45) is 0 Å². The van der Waals surface area contributed by atoms with Gasteiger partial charge in [-0.1, -0.05) is 48.0 Å². The molecule has 0 radical (unpaired) electrons. The van der Waals surface area contributed by atoms with E-state index in [4.69, 9.17) is 16.6 Å². The van der Waals surface area contributed by atoms with E-state index in [0.717, 1.165) is 17.8 Å². The maximum absolute atomic E-state index is 13.1. The minimum absolute atomic E-state index is 0.140. The van der Waals surface area contributed by atoms with Gasteiger partial charge in [-0.05, 0) is 18.2 Å². The van der Waals surface area contributed by atoms with E-state index in [-0.39, 0.29) is 11.5 Å². The second-order valence-corrected chi connectivity index (χ2v) is 7.62. The van der Waals surface area contributed by atoms with Crippen LogP contribution < -0.4 is 5.32 Å². The smallest absolute Gasteiger partial charge is 0.417 e. The normalized spacial score (nSPS) is 15.5. The summed E-state index contributed by atoms with van der Waals surface area (Å²) in [6.07, 6.45) is -0.00455. The lowest BCUT2D eigenvalue weighted by molar-refractivity contribution is -0.137. The van der Waals surface area contributed by atoms with E-state index in [1.165, 1.54) is 30.5 Å². The molecular formula is C20H9F3N2O2S2. The maximum Gasteiger partial charge on any atom is 0.417 e. The molecule has 1 N–H and O–H groups in total. The summed E-state index contributed by atoms with van der Waals surface area (Å²) < 4.78 is 45.5. The molecular weight excluding hydrogens is 421 g/mol. The lowest BCUT2D eigenvalue weighted by atomic mass is 10.1. The third-order valence-corrected chi connectivity index (χ3v) is 5.08. The van der Waals surface area contributed by atoms with E-state index >= 15 is 0 Å². The van der Waals surface area contributed by atoms with Gasteiger partial charge in [-0.15, -0.1) is 0 Å². The number of halogens is 3. The number of thioether (sulfide) groups is 1. The van der Waals surface area contributed by atoms with Crippen LogP contribution in [-0.4, -0.2) is 15.2 Å². The molecule has 3 heterocycles. The Balaban J connectivity index is 1.74. The quantitative estimate of drug-likeness (QED) is 0.344. The van der Waals surface area contributed by atoms with Crippen LogP contribution in [0.5, 0.6) is 0 Å². The molecule has 1 aromatic carbocycles. The summed E-state index contributed by atoms with van der Waals surface area (Å²) in [5.41, 5.74) is -0.242. The second-order valence-electron chi connectivity index (χ2n) is 5.90. The van der Waals surface area contributed by atoms with Crippen molar-refractivity contribution >= 4 is 51.3 Å². The first kappa shape index (κ1) is 19.2. The molecule has 0 aliphatic carbocycles. The van der Waals surface area contributed by atoms with E-state index in [9.17, 15) is 18.0 Å². The van der Waals surface area contributed by atoms with Crippen molar-refractivity contribution in [3.05, 3.63) is 70.1 Å². The van der Waals surface area contributed by atoms with Gasteiger partial charge in [0.1, 0.15) is 10.1 Å². The average Bonchev–Trinajstić information content (AvgIpc) is 3.22. The van der Waals surface area contributed by atoms with Crippen molar-refractivity contribution in [2.45, 2.75) is 6.18 Å². The van der Waals surface area contributed by atoms with E-state index in [1.54, 1.807) is 12.3 Å². The number of benzene rings is 1. The number of hydrogen-bond donors (Lipinski definition) is 1. The van der Waals surface area contributed by atoms with Crippen LogP contribution in [0.3, 0.4) is 0 Å². The van der Waals surface area contributed by atoms with Crippen LogP contribution in [-0.2, 0) is 11.0 Å². The van der Waals surface area contributed by atoms with Crippen molar-refractivity contribution in [3.63, 3.8) is 0 Å². The Hall–Kier alpha value is -3.09. The minimum atomic E-state index is -4.50. The van der Waals surface area contributed by atoms with Crippen LogP contribution in [0.4, 0.5) is 13.2 Å². The summed E-state index contributed by atoms with van der Waals surface area (Å²) in [5, 5.41) is 3.12. The summed E-state index contributed by atoms with van der Waals surface area (Å²) in [7, 11) is 0. The van der Waals surface area contributed by atoms with Crippen molar-refractivity contribution in [2.75, 3.05) is 0 Å². The van der Waals surface area contributed by atoms with Crippen LogP contribution in [0.25, 0.3) is 17.0 Å². The highest BCUT2D eigenvalue weighted by Gasteiger charge is 2.32. The number of nitrogens with one attached hydrogen (secondary N) is 1. The summed E-state index contributed by atoms with van der Waals surface area (Å²) in [4.78, 5) is 16.2. The summed E-state index contributed by atoms with van der Waals surface area (Å²) in [6, 6.07) is 6.75. The van der Waals surface area contributed by atoms with Gasteiger partial charge in [0, 0.05) is 29.4 Å². The van der Waals surface area contributed by atoms with Gasteiger partial charge in [0.05, 0.1) is 16.0 Å². The van der Waals surface area contributed by atoms with Crippen molar-refractivity contribution in [3.8, 4) is 11.8 Å². The Kier molecular flexibility index (Phi) is 4.90. The molecule has 4 nitrogen and oxygen atoms in total. The zero-order valence-corrected chi connectivity index (χ0v) is 16.0. The fraction of sp³-hybridized carbons (Fsp3) is 0.0500. The van der Waals surface area contributed by atoms with Crippen LogP contribution in [0.15, 0.2) is 52.0 Å². The summed E-state index contributed by atoms with van der Waals surface area (Å²) >= 11 is 6.06. The molecule has 0 atom stereocenters. The Morgan fingerprint density at radius 2 is 1.93 bits per heavy atom. The van der Waals surface area contributed by atoms with Gasteiger partial charge >= 0.3 is 6.18 Å². The fourth-order valence-corrected chi connectivity index (χ4v) is 3.69. The number of pyridine rings is 1. The van der Waals surface area contributed by atoms with E-state index in [2.05, 4.69) is 22.1 Å². The Morgan fingerprint density at radius 3 is 2.66 bits per heavy atom. The largest absolute Gasteiger partial charge is 0.455 e. The molecule has 1 amide bonds. The predicted octanol–water partition coefficient (Wildman–Crippen LogP) is 4.74. The van der Waals surface area contributed by atoms with Crippen LogP contribution in [0.1, 0.15) is 22.5 Å². The monoisotopic (exact) mass is 430 g/mol. The summed E-state index contributed by atoms with van der Waals surface area (Å²) in [5.74, 6) is 5.33. The number of amides is 1. The van der Waals surface area contributed by atoms with Gasteiger partial charge in [0.25, 0.3) is 5.91 Å². The first-order chi connectivity index (χ1) is 13.8. The number of fused-ring (bicyclic) bond motifs is 1. The number of alkyl halides is 3. The molecule has 1 saturated heterocycles. The van der Waals surface area contributed by atoms with Gasteiger partial charge in [0.15, 0.2) is 5.58 Å². The second kappa shape index (κ2) is 7.39. The van der Waals surface area contributed by atoms with E-state index in [0.29, 0.717) is 31.5 Å². The number of aromatic nitrogens is 1. The highest BCUT2D eigenvalue weighted by molar-refractivity contribution is 8.26. The predicted molar refractivity (Wildman–Crippen MR) is 108 cm³/mol. The zero-order chi connectivity index (χ0) is 20.6. The number of carbonyl (C=O) groups is 1. The molecule has 0 saturated carbocycles. The number of rotatable bonds is 1. The van der Waals surface area contributed by atoms with E-state index in [1.807, 2.05) is 0 Å². The van der Waals surface area contributed by atoms with Gasteiger partial charge in [-0.2, -0.15) is 13.2 Å². The van der Waals surface area contributed by atoms with Gasteiger partial charge in [-0.25, -0.2) is 0 Å². The number of thiocarbonyl (C=S) groups is 1. The van der Waals surface area contributed by atoms with Gasteiger partial charge in [0.2, 0.25) is 0 Å². The van der Waals surface area contributed by atoms with Crippen molar-refractivity contribution < 1.29 is 22.4 Å². The van der Waals surface area contributed by atoms with Crippen LogP contribution in [0, 0.1) is 11.8 Å². The number of hydrogen-bond acceptors (Lipinski definition) is 5. The fourth-order valence-electron chi connectivity index (χ4n) is 2.67. The highest BCUT2D eigenvalue weighted by Crippen LogP contribution is 2.32. The SMILES string of the molecule is O=C1NC(=S)SC1=Cc1cc2cncc(C#Cc3ccccc3C(F)(F)F)c2o1. The minimum Gasteiger partial charge on any atom is -0.455 e. The number of nitrogens with zero attached hydrogens (tertiary/aromatic N) is 1. The molecule has 0 unspecified atom stereocenters. The standard InChI is InChI=1S/C20H9F3N2O2S2/c21-20(22,23)15-4-2-1-3-11(15)5-6-12-9-24-10-13-7-14(27-17(12)13)8-16-18(26)25-19(28)29-16/h1-4,7-10H,(H,25,26,28). The Morgan fingerprint density at radius 1 is 1.17 bits per heavy atom. The Labute approximate surface area is 172 Å². The highest BCUT2D eigenvalue weighted by atomic mass is 32.2. The molecule has 144 valence electrons.